The predicted octanol–water partition coefficient (Wildman–Crippen LogP) is 1.66. The SMILES string of the molecule is NNC(=O)CCCCCOc1cncc(Cl)c1. The third-order valence-electron chi connectivity index (χ3n) is 2.16. The number of aromatic nitrogens is 1. The summed E-state index contributed by atoms with van der Waals surface area (Å²) in [4.78, 5) is 14.7. The average molecular weight is 258 g/mol. The van der Waals surface area contributed by atoms with Gasteiger partial charge >= 0.3 is 0 Å². The highest BCUT2D eigenvalue weighted by Gasteiger charge is 1.99. The van der Waals surface area contributed by atoms with E-state index in [1.54, 1.807) is 18.5 Å². The molecule has 17 heavy (non-hydrogen) atoms. The van der Waals surface area contributed by atoms with E-state index in [-0.39, 0.29) is 5.91 Å². The Bertz CT molecular complexity index is 360. The molecule has 94 valence electrons. The molecule has 5 nitrogen and oxygen atoms in total. The standard InChI is InChI=1S/C11H16ClN3O2/c12-9-6-10(8-14-7-9)17-5-3-1-2-4-11(16)15-13/h6-8H,1-5,13H2,(H,15,16). The van der Waals surface area contributed by atoms with Crippen LogP contribution in [0.2, 0.25) is 5.02 Å². The Morgan fingerprint density at radius 3 is 2.94 bits per heavy atom. The number of nitrogens with two attached hydrogens (primary N) is 1. The first-order chi connectivity index (χ1) is 8.22. The van der Waals surface area contributed by atoms with Gasteiger partial charge in [-0.05, 0) is 19.3 Å². The summed E-state index contributed by atoms with van der Waals surface area (Å²) in [6.45, 7) is 0.590. The predicted molar refractivity (Wildman–Crippen MR) is 65.5 cm³/mol. The number of carbonyl (C=O) groups is 1. The van der Waals surface area contributed by atoms with Crippen LogP contribution in [0.15, 0.2) is 18.5 Å². The summed E-state index contributed by atoms with van der Waals surface area (Å²) < 4.78 is 5.45. The van der Waals surface area contributed by atoms with Crippen molar-refractivity contribution in [3.63, 3.8) is 0 Å². The summed E-state index contributed by atoms with van der Waals surface area (Å²) in [5.41, 5.74) is 2.09. The third-order valence-corrected chi connectivity index (χ3v) is 2.36. The van der Waals surface area contributed by atoms with Crippen LogP contribution in [0.5, 0.6) is 5.75 Å². The summed E-state index contributed by atoms with van der Waals surface area (Å²) in [6.07, 6.45) is 6.23. The number of pyridine rings is 1. The van der Waals surface area contributed by atoms with Crippen molar-refractivity contribution in [2.75, 3.05) is 6.61 Å². The average Bonchev–Trinajstić information content (AvgIpc) is 2.33. The molecule has 0 radical (unpaired) electrons. The molecule has 0 atom stereocenters. The van der Waals surface area contributed by atoms with Crippen molar-refractivity contribution >= 4 is 17.5 Å². The van der Waals surface area contributed by atoms with Gasteiger partial charge in [0, 0.05) is 18.7 Å². The Morgan fingerprint density at radius 2 is 2.24 bits per heavy atom. The maximum atomic E-state index is 10.8. The first-order valence-corrected chi connectivity index (χ1v) is 5.83. The number of nitrogens with one attached hydrogen (secondary N) is 1. The van der Waals surface area contributed by atoms with E-state index in [1.807, 2.05) is 0 Å². The fourth-order valence-corrected chi connectivity index (χ4v) is 1.46. The van der Waals surface area contributed by atoms with Gasteiger partial charge in [-0.15, -0.1) is 0 Å². The van der Waals surface area contributed by atoms with Gasteiger partial charge in [0.1, 0.15) is 5.75 Å². The van der Waals surface area contributed by atoms with E-state index in [1.165, 1.54) is 0 Å². The number of hydrogen-bond donors (Lipinski definition) is 2. The van der Waals surface area contributed by atoms with Gasteiger partial charge in [0.15, 0.2) is 0 Å². The summed E-state index contributed by atoms with van der Waals surface area (Å²) in [6, 6.07) is 1.72. The molecular formula is C11H16ClN3O2. The molecule has 0 spiro atoms. The Labute approximate surface area is 105 Å². The van der Waals surface area contributed by atoms with Gasteiger partial charge in [-0.25, -0.2) is 5.84 Å². The molecule has 0 saturated carbocycles. The van der Waals surface area contributed by atoms with Crippen LogP contribution in [0.1, 0.15) is 25.7 Å². The third kappa shape index (κ3) is 6.09. The summed E-state index contributed by atoms with van der Waals surface area (Å²) >= 11 is 5.76. The zero-order chi connectivity index (χ0) is 12.5. The van der Waals surface area contributed by atoms with Crippen LogP contribution in [-0.2, 0) is 4.79 Å². The number of hydrogen-bond acceptors (Lipinski definition) is 4. The van der Waals surface area contributed by atoms with Gasteiger partial charge in [-0.2, -0.15) is 0 Å². The number of hydrazine groups is 1. The minimum atomic E-state index is -0.134. The van der Waals surface area contributed by atoms with Crippen molar-refractivity contribution in [2.45, 2.75) is 25.7 Å². The molecule has 0 saturated heterocycles. The number of carbonyl (C=O) groups excluding carboxylic acids is 1. The highest BCUT2D eigenvalue weighted by Crippen LogP contribution is 2.15. The molecule has 3 N–H and O–H groups in total. The Hall–Kier alpha value is -1.33. The van der Waals surface area contributed by atoms with E-state index in [0.717, 1.165) is 19.3 Å². The molecule has 1 rings (SSSR count). The van der Waals surface area contributed by atoms with E-state index < -0.39 is 0 Å². The number of rotatable bonds is 7. The lowest BCUT2D eigenvalue weighted by molar-refractivity contribution is -0.121. The molecule has 0 aromatic carbocycles. The van der Waals surface area contributed by atoms with E-state index >= 15 is 0 Å². The van der Waals surface area contributed by atoms with Gasteiger partial charge in [-0.3, -0.25) is 15.2 Å². The van der Waals surface area contributed by atoms with Gasteiger partial charge in [0.05, 0.1) is 17.8 Å². The smallest absolute Gasteiger partial charge is 0.233 e. The first kappa shape index (κ1) is 13.7. The number of halogens is 1. The molecule has 0 aliphatic heterocycles. The minimum Gasteiger partial charge on any atom is -0.492 e. The van der Waals surface area contributed by atoms with Crippen molar-refractivity contribution in [1.29, 1.82) is 0 Å². The number of ether oxygens (including phenoxy) is 1. The molecule has 1 amide bonds. The van der Waals surface area contributed by atoms with Crippen molar-refractivity contribution in [3.05, 3.63) is 23.5 Å². The first-order valence-electron chi connectivity index (χ1n) is 5.45. The Morgan fingerprint density at radius 1 is 1.41 bits per heavy atom. The molecule has 6 heteroatoms. The van der Waals surface area contributed by atoms with Crippen LogP contribution in [0.3, 0.4) is 0 Å². The van der Waals surface area contributed by atoms with Crippen LogP contribution in [-0.4, -0.2) is 17.5 Å². The fourth-order valence-electron chi connectivity index (χ4n) is 1.30. The molecule has 0 bridgehead atoms. The molecular weight excluding hydrogens is 242 g/mol. The van der Waals surface area contributed by atoms with Crippen LogP contribution >= 0.6 is 11.6 Å². The zero-order valence-corrected chi connectivity index (χ0v) is 10.2. The molecule has 0 unspecified atom stereocenters. The van der Waals surface area contributed by atoms with Gasteiger partial charge in [0.25, 0.3) is 0 Å². The van der Waals surface area contributed by atoms with Crippen LogP contribution in [0.4, 0.5) is 0 Å². The van der Waals surface area contributed by atoms with Crippen molar-refractivity contribution < 1.29 is 9.53 Å². The highest BCUT2D eigenvalue weighted by atomic mass is 35.5. The fraction of sp³-hybridized carbons (Fsp3) is 0.455. The lowest BCUT2D eigenvalue weighted by Crippen LogP contribution is -2.29. The lowest BCUT2D eigenvalue weighted by Gasteiger charge is -2.05. The summed E-state index contributed by atoms with van der Waals surface area (Å²) in [7, 11) is 0. The quantitative estimate of drug-likeness (QED) is 0.337. The van der Waals surface area contributed by atoms with Crippen molar-refractivity contribution in [1.82, 2.24) is 10.4 Å². The largest absolute Gasteiger partial charge is 0.492 e. The normalized spacial score (nSPS) is 10.0. The van der Waals surface area contributed by atoms with Crippen LogP contribution in [0.25, 0.3) is 0 Å². The monoisotopic (exact) mass is 257 g/mol. The van der Waals surface area contributed by atoms with Crippen molar-refractivity contribution in [2.24, 2.45) is 5.84 Å². The molecule has 1 aromatic heterocycles. The van der Waals surface area contributed by atoms with Crippen LogP contribution < -0.4 is 16.0 Å². The highest BCUT2D eigenvalue weighted by molar-refractivity contribution is 6.30. The number of nitrogens with zero attached hydrogens (tertiary/aromatic N) is 1. The van der Waals surface area contributed by atoms with Gasteiger partial charge < -0.3 is 4.74 Å². The topological polar surface area (TPSA) is 77.2 Å². The van der Waals surface area contributed by atoms with E-state index in [2.05, 4.69) is 10.4 Å². The van der Waals surface area contributed by atoms with Gasteiger partial charge in [0.2, 0.25) is 5.91 Å². The maximum absolute atomic E-state index is 10.8. The summed E-state index contributed by atoms with van der Waals surface area (Å²) in [5, 5.41) is 0.558. The van der Waals surface area contributed by atoms with Crippen molar-refractivity contribution in [3.8, 4) is 5.75 Å². The maximum Gasteiger partial charge on any atom is 0.233 e. The second kappa shape index (κ2) is 7.86. The lowest BCUT2D eigenvalue weighted by atomic mass is 10.2. The molecule has 1 aromatic rings. The zero-order valence-electron chi connectivity index (χ0n) is 9.49. The molecule has 0 aliphatic rings. The molecule has 0 aliphatic carbocycles. The Kier molecular flexibility index (Phi) is 6.35. The Balaban J connectivity index is 2.06. The van der Waals surface area contributed by atoms with E-state index in [0.29, 0.717) is 23.8 Å². The molecule has 0 fully saturated rings. The summed E-state index contributed by atoms with van der Waals surface area (Å²) in [5.74, 6) is 5.49. The van der Waals surface area contributed by atoms with E-state index in [4.69, 9.17) is 22.2 Å². The molecule has 1 heterocycles. The van der Waals surface area contributed by atoms with Crippen LogP contribution in [0, 0.1) is 0 Å². The van der Waals surface area contributed by atoms with E-state index in [9.17, 15) is 4.79 Å². The number of unbranched alkanes of at least 4 members (excludes halogenated alkanes) is 2. The van der Waals surface area contributed by atoms with Gasteiger partial charge in [-0.1, -0.05) is 11.6 Å². The second-order valence-electron chi connectivity index (χ2n) is 3.57. The minimum absolute atomic E-state index is 0.134. The number of amides is 1. The second-order valence-corrected chi connectivity index (χ2v) is 4.00.